The standard InChI is InChI=1S/C20H15N3O6/c21-4-1-5-22-18-12-7-15-16(29-9-28-15)8-13(12)19(24)17(18)11-3-2-10(23(26)27)6-14(11)20(22)25/h2-3,6-8H,1,4-5,9,21H2. The molecule has 146 valence electrons. The van der Waals surface area contributed by atoms with Gasteiger partial charge in [0.1, 0.15) is 0 Å². The van der Waals surface area contributed by atoms with Gasteiger partial charge in [0.2, 0.25) is 6.79 Å². The summed E-state index contributed by atoms with van der Waals surface area (Å²) in [4.78, 5) is 37.2. The van der Waals surface area contributed by atoms with Crippen LogP contribution < -0.4 is 20.8 Å². The van der Waals surface area contributed by atoms with Gasteiger partial charge in [-0.3, -0.25) is 19.7 Å². The highest BCUT2D eigenvalue weighted by Crippen LogP contribution is 2.45. The van der Waals surface area contributed by atoms with Crippen molar-refractivity contribution in [3.63, 3.8) is 0 Å². The molecule has 2 heterocycles. The summed E-state index contributed by atoms with van der Waals surface area (Å²) in [6, 6.07) is 7.31. The Kier molecular flexibility index (Phi) is 3.68. The van der Waals surface area contributed by atoms with E-state index in [9.17, 15) is 19.7 Å². The fraction of sp³-hybridized carbons (Fsp3) is 0.200. The Morgan fingerprint density at radius 2 is 1.79 bits per heavy atom. The molecule has 0 radical (unpaired) electrons. The SMILES string of the molecule is NCCCn1c2c(c3ccc([N+](=O)[O-])cc3c1=O)C(=O)c1cc3c(cc1-2)OCO3. The van der Waals surface area contributed by atoms with Crippen molar-refractivity contribution in [3.05, 3.63) is 61.9 Å². The number of ether oxygens (including phenoxy) is 2. The van der Waals surface area contributed by atoms with Crippen molar-refractivity contribution in [1.29, 1.82) is 0 Å². The lowest BCUT2D eigenvalue weighted by atomic mass is 10.0. The van der Waals surface area contributed by atoms with Gasteiger partial charge >= 0.3 is 0 Å². The number of nitrogens with two attached hydrogens (primary N) is 1. The van der Waals surface area contributed by atoms with E-state index in [0.717, 1.165) is 0 Å². The molecule has 1 aliphatic heterocycles. The highest BCUT2D eigenvalue weighted by atomic mass is 16.7. The summed E-state index contributed by atoms with van der Waals surface area (Å²) in [5.41, 5.74) is 6.88. The molecule has 0 unspecified atom stereocenters. The van der Waals surface area contributed by atoms with Crippen LogP contribution >= 0.6 is 0 Å². The number of ketones is 1. The maximum atomic E-state index is 13.3. The lowest BCUT2D eigenvalue weighted by Crippen LogP contribution is -2.24. The van der Waals surface area contributed by atoms with Crippen molar-refractivity contribution in [2.75, 3.05) is 13.3 Å². The molecular weight excluding hydrogens is 378 g/mol. The van der Waals surface area contributed by atoms with Gasteiger partial charge in [0.05, 0.1) is 21.6 Å². The fourth-order valence-electron chi connectivity index (χ4n) is 3.98. The second-order valence-corrected chi connectivity index (χ2v) is 6.89. The minimum absolute atomic E-state index is 0.0701. The van der Waals surface area contributed by atoms with E-state index in [1.807, 2.05) is 0 Å². The van der Waals surface area contributed by atoms with Crippen molar-refractivity contribution in [2.45, 2.75) is 13.0 Å². The lowest BCUT2D eigenvalue weighted by Gasteiger charge is -2.14. The summed E-state index contributed by atoms with van der Waals surface area (Å²) in [5, 5.41) is 11.7. The van der Waals surface area contributed by atoms with E-state index >= 15 is 0 Å². The van der Waals surface area contributed by atoms with Crippen molar-refractivity contribution in [1.82, 2.24) is 4.57 Å². The molecule has 1 aromatic heterocycles. The molecule has 0 atom stereocenters. The number of aromatic nitrogens is 1. The van der Waals surface area contributed by atoms with E-state index in [1.54, 1.807) is 12.1 Å². The highest BCUT2D eigenvalue weighted by molar-refractivity contribution is 6.27. The van der Waals surface area contributed by atoms with E-state index in [2.05, 4.69) is 0 Å². The maximum Gasteiger partial charge on any atom is 0.270 e. The molecule has 29 heavy (non-hydrogen) atoms. The Morgan fingerprint density at radius 3 is 2.48 bits per heavy atom. The summed E-state index contributed by atoms with van der Waals surface area (Å²) in [7, 11) is 0. The second-order valence-electron chi connectivity index (χ2n) is 6.89. The van der Waals surface area contributed by atoms with Gasteiger partial charge in [-0.25, -0.2) is 0 Å². The zero-order valence-corrected chi connectivity index (χ0v) is 15.1. The minimum Gasteiger partial charge on any atom is -0.454 e. The minimum atomic E-state index is -0.563. The normalized spacial score (nSPS) is 13.6. The number of non-ortho nitro benzene ring substituents is 1. The number of benzene rings is 2. The van der Waals surface area contributed by atoms with Gasteiger partial charge in [-0.2, -0.15) is 0 Å². The number of nitrogens with zero attached hydrogens (tertiary/aromatic N) is 2. The number of nitro groups is 1. The molecule has 0 fully saturated rings. The van der Waals surface area contributed by atoms with Crippen LogP contribution in [-0.4, -0.2) is 28.6 Å². The molecule has 9 heteroatoms. The van der Waals surface area contributed by atoms with Gasteiger partial charge in [0.15, 0.2) is 17.3 Å². The van der Waals surface area contributed by atoms with E-state index in [4.69, 9.17) is 15.2 Å². The topological polar surface area (TPSA) is 127 Å². The number of nitro benzene ring substituents is 1. The van der Waals surface area contributed by atoms with Crippen LogP contribution in [0.2, 0.25) is 0 Å². The third-order valence-electron chi connectivity index (χ3n) is 5.29. The Labute approximate surface area is 163 Å². The molecule has 1 aliphatic carbocycles. The lowest BCUT2D eigenvalue weighted by molar-refractivity contribution is -0.384. The first kappa shape index (κ1) is 17.4. The second kappa shape index (κ2) is 6.14. The number of pyridine rings is 1. The van der Waals surface area contributed by atoms with Crippen molar-refractivity contribution in [2.24, 2.45) is 5.73 Å². The predicted octanol–water partition coefficient (Wildman–Crippen LogP) is 2.20. The predicted molar refractivity (Wildman–Crippen MR) is 104 cm³/mol. The Balaban J connectivity index is 1.88. The molecular formula is C20H15N3O6. The molecule has 5 rings (SSSR count). The molecule has 2 N–H and O–H groups in total. The zero-order chi connectivity index (χ0) is 20.3. The van der Waals surface area contributed by atoms with Gasteiger partial charge in [-0.05, 0) is 31.2 Å². The molecule has 0 saturated carbocycles. The third kappa shape index (κ3) is 2.37. The summed E-state index contributed by atoms with van der Waals surface area (Å²) in [5.74, 6) is 0.723. The van der Waals surface area contributed by atoms with Crippen LogP contribution in [0.25, 0.3) is 22.0 Å². The van der Waals surface area contributed by atoms with Crippen LogP contribution in [0, 0.1) is 10.1 Å². The van der Waals surface area contributed by atoms with Crippen LogP contribution in [0.3, 0.4) is 0 Å². The number of carbonyl (C=O) groups is 1. The van der Waals surface area contributed by atoms with E-state index in [0.29, 0.717) is 52.2 Å². The Bertz CT molecular complexity index is 1290. The Morgan fingerprint density at radius 1 is 1.07 bits per heavy atom. The molecule has 0 amide bonds. The summed E-state index contributed by atoms with van der Waals surface area (Å²) in [6.07, 6.45) is 0.515. The van der Waals surface area contributed by atoms with Crippen LogP contribution in [-0.2, 0) is 6.54 Å². The van der Waals surface area contributed by atoms with Crippen molar-refractivity contribution < 1.29 is 19.2 Å². The van der Waals surface area contributed by atoms with Gasteiger partial charge < -0.3 is 19.8 Å². The van der Waals surface area contributed by atoms with Crippen LogP contribution in [0.1, 0.15) is 22.3 Å². The first-order valence-electron chi connectivity index (χ1n) is 9.05. The third-order valence-corrected chi connectivity index (χ3v) is 5.29. The largest absolute Gasteiger partial charge is 0.454 e. The maximum absolute atomic E-state index is 13.3. The molecule has 2 aromatic carbocycles. The smallest absolute Gasteiger partial charge is 0.270 e. The van der Waals surface area contributed by atoms with E-state index < -0.39 is 10.5 Å². The van der Waals surface area contributed by atoms with E-state index in [-0.39, 0.29) is 30.2 Å². The first-order valence-corrected chi connectivity index (χ1v) is 9.05. The van der Waals surface area contributed by atoms with Crippen LogP contribution in [0.15, 0.2) is 35.1 Å². The Hall–Kier alpha value is -3.72. The number of hydrogen-bond acceptors (Lipinski definition) is 7. The summed E-state index contributed by atoms with van der Waals surface area (Å²) in [6.45, 7) is 0.717. The molecule has 0 saturated heterocycles. The molecule has 0 spiro atoms. The zero-order valence-electron chi connectivity index (χ0n) is 15.1. The van der Waals surface area contributed by atoms with Gasteiger partial charge in [0.25, 0.3) is 11.2 Å². The van der Waals surface area contributed by atoms with Crippen LogP contribution in [0.5, 0.6) is 11.5 Å². The number of rotatable bonds is 4. The van der Waals surface area contributed by atoms with Gasteiger partial charge in [-0.1, -0.05) is 0 Å². The summed E-state index contributed by atoms with van der Waals surface area (Å²) >= 11 is 0. The molecule has 2 aliphatic rings. The molecule has 9 nitrogen and oxygen atoms in total. The highest BCUT2D eigenvalue weighted by Gasteiger charge is 2.35. The molecule has 3 aromatic rings. The van der Waals surface area contributed by atoms with Gasteiger partial charge in [-0.15, -0.1) is 0 Å². The summed E-state index contributed by atoms with van der Waals surface area (Å²) < 4.78 is 12.3. The quantitative estimate of drug-likeness (QED) is 0.416. The van der Waals surface area contributed by atoms with Crippen molar-refractivity contribution >= 4 is 22.2 Å². The average molecular weight is 393 g/mol. The van der Waals surface area contributed by atoms with Crippen molar-refractivity contribution in [3.8, 4) is 22.8 Å². The van der Waals surface area contributed by atoms with E-state index in [1.165, 1.54) is 22.8 Å². The van der Waals surface area contributed by atoms with Gasteiger partial charge in [0, 0.05) is 35.2 Å². The number of fused-ring (bicyclic) bond motifs is 6. The fourth-order valence-corrected chi connectivity index (χ4v) is 3.98. The number of hydrogen-bond donors (Lipinski definition) is 1. The average Bonchev–Trinajstić information content (AvgIpc) is 3.28. The number of carbonyl (C=O) groups excluding carboxylic acids is 1. The monoisotopic (exact) mass is 393 g/mol. The van der Waals surface area contributed by atoms with Crippen LogP contribution in [0.4, 0.5) is 5.69 Å². The molecule has 0 bridgehead atoms. The first-order chi connectivity index (χ1) is 14.0.